The summed E-state index contributed by atoms with van der Waals surface area (Å²) in [6, 6.07) is 7.03. The average molecular weight is 304 g/mol. The van der Waals surface area contributed by atoms with Crippen LogP contribution in [0.5, 0.6) is 0 Å². The molecule has 0 saturated heterocycles. The molecule has 0 amide bonds. The largest absolute Gasteiger partial charge is 0.240 e. The molecule has 3 nitrogen and oxygen atoms in total. The van der Waals surface area contributed by atoms with Gasteiger partial charge in [-0.1, -0.05) is 26.0 Å². The molecule has 1 rings (SSSR count). The van der Waals surface area contributed by atoms with Gasteiger partial charge in [0.1, 0.15) is 0 Å². The number of benzene rings is 1. The molecule has 0 aromatic heterocycles. The van der Waals surface area contributed by atoms with Crippen LogP contribution in [-0.4, -0.2) is 20.3 Å². The first-order valence-electron chi connectivity index (χ1n) is 6.70. The smallest absolute Gasteiger partial charge is 0.208 e. The predicted molar refractivity (Wildman–Crippen MR) is 80.2 cm³/mol. The highest BCUT2D eigenvalue weighted by Gasteiger charge is 2.17. The quantitative estimate of drug-likeness (QED) is 0.749. The molecule has 0 saturated carbocycles. The highest BCUT2D eigenvalue weighted by molar-refractivity contribution is 7.89. The van der Waals surface area contributed by atoms with Crippen molar-refractivity contribution in [3.63, 3.8) is 0 Å². The third-order valence-corrected chi connectivity index (χ3v) is 4.94. The Bertz CT molecular complexity index is 467. The Morgan fingerprint density at radius 2 is 1.74 bits per heavy atom. The highest BCUT2D eigenvalue weighted by Crippen LogP contribution is 2.13. The molecule has 0 fully saturated rings. The van der Waals surface area contributed by atoms with Gasteiger partial charge in [-0.25, -0.2) is 13.1 Å². The first-order valence-corrected chi connectivity index (χ1v) is 8.72. The topological polar surface area (TPSA) is 46.2 Å². The van der Waals surface area contributed by atoms with E-state index in [4.69, 9.17) is 11.6 Å². The first-order chi connectivity index (χ1) is 9.03. The number of hydrogen-bond acceptors (Lipinski definition) is 2. The summed E-state index contributed by atoms with van der Waals surface area (Å²) in [5.41, 5.74) is 1.11. The normalized spacial score (nSPS) is 12.0. The Hall–Kier alpha value is -0.580. The summed E-state index contributed by atoms with van der Waals surface area (Å²) >= 11 is 5.64. The van der Waals surface area contributed by atoms with E-state index in [9.17, 15) is 8.42 Å². The van der Waals surface area contributed by atoms with Crippen LogP contribution in [0.1, 0.15) is 38.7 Å². The van der Waals surface area contributed by atoms with Gasteiger partial charge in [-0.2, -0.15) is 0 Å². The molecule has 5 heteroatoms. The minimum Gasteiger partial charge on any atom is -0.208 e. The molecule has 0 bridgehead atoms. The van der Waals surface area contributed by atoms with E-state index in [1.54, 1.807) is 12.1 Å². The second-order valence-electron chi connectivity index (χ2n) is 4.57. The number of halogens is 1. The lowest BCUT2D eigenvalue weighted by molar-refractivity contribution is 0.530. The lowest BCUT2D eigenvalue weighted by Crippen LogP contribution is -2.33. The summed E-state index contributed by atoms with van der Waals surface area (Å²) in [6.07, 6.45) is 3.37. The van der Waals surface area contributed by atoms with Crippen molar-refractivity contribution >= 4 is 21.6 Å². The molecule has 0 aliphatic rings. The molecule has 0 atom stereocenters. The Morgan fingerprint density at radius 1 is 1.16 bits per heavy atom. The van der Waals surface area contributed by atoms with E-state index in [1.807, 2.05) is 26.0 Å². The Morgan fingerprint density at radius 3 is 2.21 bits per heavy atom. The summed E-state index contributed by atoms with van der Waals surface area (Å²) < 4.78 is 27.0. The zero-order valence-corrected chi connectivity index (χ0v) is 13.1. The standard InChI is InChI=1S/C14H22ClNO2S/c1-3-13(4-2)16-19(17,18)14-9-7-12(8-10-14)6-5-11-15/h7-10,13,16H,3-6,11H2,1-2H3. The van der Waals surface area contributed by atoms with Gasteiger partial charge in [-0.05, 0) is 43.4 Å². The molecule has 1 aromatic rings. The van der Waals surface area contributed by atoms with Crippen LogP contribution in [-0.2, 0) is 16.4 Å². The van der Waals surface area contributed by atoms with E-state index in [-0.39, 0.29) is 6.04 Å². The molecule has 108 valence electrons. The molecule has 19 heavy (non-hydrogen) atoms. The number of aryl methyl sites for hydroxylation is 1. The minimum absolute atomic E-state index is 0.000856. The molecule has 0 aliphatic heterocycles. The fourth-order valence-corrected chi connectivity index (χ4v) is 3.39. The van der Waals surface area contributed by atoms with E-state index in [0.29, 0.717) is 10.8 Å². The predicted octanol–water partition coefficient (Wildman–Crippen LogP) is 3.32. The third-order valence-electron chi connectivity index (χ3n) is 3.14. The monoisotopic (exact) mass is 303 g/mol. The average Bonchev–Trinajstić information content (AvgIpc) is 2.43. The zero-order chi connectivity index (χ0) is 14.3. The van der Waals surface area contributed by atoms with Crippen molar-refractivity contribution in [1.29, 1.82) is 0 Å². The third kappa shape index (κ3) is 5.13. The lowest BCUT2D eigenvalue weighted by Gasteiger charge is -2.15. The van der Waals surface area contributed by atoms with Gasteiger partial charge in [-0.3, -0.25) is 0 Å². The second-order valence-corrected chi connectivity index (χ2v) is 6.66. The van der Waals surface area contributed by atoms with Gasteiger partial charge in [0.25, 0.3) is 0 Å². The van der Waals surface area contributed by atoms with Gasteiger partial charge in [0, 0.05) is 11.9 Å². The fraction of sp³-hybridized carbons (Fsp3) is 0.571. The van der Waals surface area contributed by atoms with E-state index in [2.05, 4.69) is 4.72 Å². The zero-order valence-electron chi connectivity index (χ0n) is 11.5. The molecular weight excluding hydrogens is 282 g/mol. The molecule has 1 N–H and O–H groups in total. The van der Waals surface area contributed by atoms with Crippen LogP contribution in [0.2, 0.25) is 0 Å². The Balaban J connectivity index is 2.78. The van der Waals surface area contributed by atoms with Crippen molar-refractivity contribution in [3.05, 3.63) is 29.8 Å². The Kier molecular flexibility index (Phi) is 6.83. The SMILES string of the molecule is CCC(CC)NS(=O)(=O)c1ccc(CCCCl)cc1. The summed E-state index contributed by atoms with van der Waals surface area (Å²) in [5, 5.41) is 0. The van der Waals surface area contributed by atoms with Crippen molar-refractivity contribution in [3.8, 4) is 0 Å². The molecule has 1 aromatic carbocycles. The molecular formula is C14H22ClNO2S. The molecule has 0 spiro atoms. The van der Waals surface area contributed by atoms with Crippen molar-refractivity contribution in [2.24, 2.45) is 0 Å². The van der Waals surface area contributed by atoms with Crippen LogP contribution in [0, 0.1) is 0 Å². The van der Waals surface area contributed by atoms with Crippen molar-refractivity contribution in [2.45, 2.75) is 50.5 Å². The molecule has 0 unspecified atom stereocenters. The van der Waals surface area contributed by atoms with Gasteiger partial charge < -0.3 is 0 Å². The van der Waals surface area contributed by atoms with Crippen LogP contribution in [0.3, 0.4) is 0 Å². The van der Waals surface area contributed by atoms with Gasteiger partial charge in [0.15, 0.2) is 0 Å². The van der Waals surface area contributed by atoms with Gasteiger partial charge in [0.05, 0.1) is 4.90 Å². The van der Waals surface area contributed by atoms with Gasteiger partial charge >= 0.3 is 0 Å². The van der Waals surface area contributed by atoms with E-state index in [1.165, 1.54) is 0 Å². The number of alkyl halides is 1. The molecule has 0 aliphatic carbocycles. The van der Waals surface area contributed by atoms with Crippen LogP contribution in [0.4, 0.5) is 0 Å². The maximum absolute atomic E-state index is 12.2. The van der Waals surface area contributed by atoms with Crippen LogP contribution in [0.25, 0.3) is 0 Å². The Labute approximate surface area is 121 Å². The maximum Gasteiger partial charge on any atom is 0.240 e. The number of sulfonamides is 1. The van der Waals surface area contributed by atoms with Gasteiger partial charge in [0.2, 0.25) is 10.0 Å². The van der Waals surface area contributed by atoms with Crippen LogP contribution in [0.15, 0.2) is 29.2 Å². The second kappa shape index (κ2) is 7.88. The van der Waals surface area contributed by atoms with E-state index < -0.39 is 10.0 Å². The molecule has 0 heterocycles. The summed E-state index contributed by atoms with van der Waals surface area (Å²) in [4.78, 5) is 0.328. The summed E-state index contributed by atoms with van der Waals surface area (Å²) in [7, 11) is -3.40. The number of rotatable bonds is 8. The fourth-order valence-electron chi connectivity index (χ4n) is 1.85. The summed E-state index contributed by atoms with van der Waals surface area (Å²) in [5.74, 6) is 0.621. The minimum atomic E-state index is -3.40. The van der Waals surface area contributed by atoms with Crippen LogP contribution < -0.4 is 4.72 Å². The van der Waals surface area contributed by atoms with Gasteiger partial charge in [-0.15, -0.1) is 11.6 Å². The van der Waals surface area contributed by atoms with Crippen molar-refractivity contribution in [1.82, 2.24) is 4.72 Å². The van der Waals surface area contributed by atoms with Crippen molar-refractivity contribution < 1.29 is 8.42 Å². The maximum atomic E-state index is 12.2. The van der Waals surface area contributed by atoms with E-state index >= 15 is 0 Å². The van der Waals surface area contributed by atoms with Crippen LogP contribution >= 0.6 is 11.6 Å². The van der Waals surface area contributed by atoms with E-state index in [0.717, 1.165) is 31.2 Å². The molecule has 0 radical (unpaired) electrons. The van der Waals surface area contributed by atoms with Crippen molar-refractivity contribution in [2.75, 3.05) is 5.88 Å². The first kappa shape index (κ1) is 16.5. The number of nitrogens with one attached hydrogen (secondary N) is 1. The number of hydrogen-bond donors (Lipinski definition) is 1. The highest BCUT2D eigenvalue weighted by atomic mass is 35.5. The lowest BCUT2D eigenvalue weighted by atomic mass is 10.1. The summed E-state index contributed by atoms with van der Waals surface area (Å²) in [6.45, 7) is 3.96.